The van der Waals surface area contributed by atoms with Gasteiger partial charge in [-0.25, -0.2) is 18.7 Å². The van der Waals surface area contributed by atoms with Crippen molar-refractivity contribution >= 4 is 34.1 Å². The highest BCUT2D eigenvalue weighted by molar-refractivity contribution is 14.1. The fraction of sp³-hybridized carbons (Fsp3) is 0. The fourth-order valence-electron chi connectivity index (χ4n) is 1.14. The van der Waals surface area contributed by atoms with Gasteiger partial charge in [0.1, 0.15) is 29.5 Å². The number of hydrogen-bond acceptors (Lipinski definition) is 3. The molecule has 1 aromatic heterocycles. The Bertz CT molecular complexity index is 499. The minimum Gasteiger partial charge on any atom is -0.334 e. The summed E-state index contributed by atoms with van der Waals surface area (Å²) in [4.78, 5) is 7.68. The van der Waals surface area contributed by atoms with Crippen LogP contribution in [0.1, 0.15) is 0 Å². The Kier molecular flexibility index (Phi) is 3.28. The van der Waals surface area contributed by atoms with Gasteiger partial charge in [0.15, 0.2) is 0 Å². The van der Waals surface area contributed by atoms with Gasteiger partial charge in [-0.15, -0.1) is 0 Å². The Balaban J connectivity index is 2.38. The predicted octanol–water partition coefficient (Wildman–Crippen LogP) is 3.10. The van der Waals surface area contributed by atoms with Crippen molar-refractivity contribution in [1.82, 2.24) is 9.97 Å². The summed E-state index contributed by atoms with van der Waals surface area (Å²) in [6, 6.07) is 3.67. The van der Waals surface area contributed by atoms with Crippen LogP contribution in [0.3, 0.4) is 0 Å². The second kappa shape index (κ2) is 4.69. The second-order valence-corrected chi connectivity index (χ2v) is 4.10. The van der Waals surface area contributed by atoms with E-state index in [0.717, 1.165) is 0 Å². The lowest BCUT2D eigenvalue weighted by Gasteiger charge is -2.08. The largest absolute Gasteiger partial charge is 0.334 e. The normalized spacial score (nSPS) is 10.2. The maximum absolute atomic E-state index is 13.3. The number of nitrogens with one attached hydrogen (secondary N) is 1. The van der Waals surface area contributed by atoms with Crippen molar-refractivity contribution < 1.29 is 8.78 Å². The third-order valence-corrected chi connectivity index (χ3v) is 2.66. The van der Waals surface area contributed by atoms with E-state index in [0.29, 0.717) is 9.39 Å². The highest BCUT2D eigenvalue weighted by Crippen LogP contribution is 2.24. The first-order chi connectivity index (χ1) is 7.68. The zero-order valence-electron chi connectivity index (χ0n) is 7.92. The van der Waals surface area contributed by atoms with Crippen LogP contribution in [0.15, 0.2) is 30.7 Å². The number of aromatic nitrogens is 2. The Morgan fingerprint density at radius 1 is 1.19 bits per heavy atom. The highest BCUT2D eigenvalue weighted by Gasteiger charge is 2.10. The van der Waals surface area contributed by atoms with Gasteiger partial charge in [-0.2, -0.15) is 0 Å². The minimum absolute atomic E-state index is 0.209. The smallest absolute Gasteiger partial charge is 0.149 e. The molecule has 0 spiro atoms. The molecule has 0 aliphatic rings. The van der Waals surface area contributed by atoms with Crippen LogP contribution in [0, 0.1) is 15.2 Å². The quantitative estimate of drug-likeness (QED) is 0.859. The number of rotatable bonds is 2. The molecule has 16 heavy (non-hydrogen) atoms. The molecule has 1 aromatic carbocycles. The molecule has 1 heterocycles. The predicted molar refractivity (Wildman–Crippen MR) is 64.4 cm³/mol. The maximum atomic E-state index is 13.3. The molecule has 0 radical (unpaired) electrons. The molecule has 82 valence electrons. The summed E-state index contributed by atoms with van der Waals surface area (Å²) in [5, 5.41) is 2.60. The van der Waals surface area contributed by atoms with E-state index in [1.165, 1.54) is 24.5 Å². The van der Waals surface area contributed by atoms with E-state index in [2.05, 4.69) is 15.3 Å². The summed E-state index contributed by atoms with van der Waals surface area (Å²) in [6.45, 7) is 0. The monoisotopic (exact) mass is 333 g/mol. The van der Waals surface area contributed by atoms with Gasteiger partial charge in [-0.3, -0.25) is 0 Å². The average Bonchev–Trinajstić information content (AvgIpc) is 2.26. The van der Waals surface area contributed by atoms with Gasteiger partial charge in [0, 0.05) is 6.20 Å². The average molecular weight is 333 g/mol. The molecule has 3 nitrogen and oxygen atoms in total. The fourth-order valence-corrected chi connectivity index (χ4v) is 1.58. The van der Waals surface area contributed by atoms with Crippen molar-refractivity contribution in [2.75, 3.05) is 5.32 Å². The van der Waals surface area contributed by atoms with Crippen molar-refractivity contribution in [3.8, 4) is 0 Å². The Morgan fingerprint density at radius 3 is 2.50 bits per heavy atom. The van der Waals surface area contributed by atoms with Gasteiger partial charge in [0.25, 0.3) is 0 Å². The molecule has 0 saturated heterocycles. The van der Waals surface area contributed by atoms with Gasteiger partial charge in [-0.05, 0) is 34.7 Å². The third-order valence-electron chi connectivity index (χ3n) is 1.87. The molecule has 0 bridgehead atoms. The molecular formula is C10H6F2IN3. The molecule has 0 unspecified atom stereocenters. The van der Waals surface area contributed by atoms with Crippen LogP contribution in [0.5, 0.6) is 0 Å². The summed E-state index contributed by atoms with van der Waals surface area (Å²) in [7, 11) is 0. The Morgan fingerprint density at radius 2 is 1.88 bits per heavy atom. The number of hydrogen-bond donors (Lipinski definition) is 1. The lowest BCUT2D eigenvalue weighted by atomic mass is 10.3. The summed E-state index contributed by atoms with van der Waals surface area (Å²) in [5.74, 6) is -0.941. The molecule has 0 atom stereocenters. The van der Waals surface area contributed by atoms with E-state index < -0.39 is 11.6 Å². The van der Waals surface area contributed by atoms with Crippen LogP contribution in [0.4, 0.5) is 20.3 Å². The standard InChI is InChI=1S/C10H6F2IN3/c11-6-2-1-3-7(12)9(6)16-10-8(13)4-14-5-15-10/h1-5H,(H,14,15,16). The van der Waals surface area contributed by atoms with Crippen LogP contribution in [-0.4, -0.2) is 9.97 Å². The topological polar surface area (TPSA) is 37.8 Å². The summed E-state index contributed by atoms with van der Waals surface area (Å²) in [5.41, 5.74) is -0.209. The number of anilines is 2. The lowest BCUT2D eigenvalue weighted by Crippen LogP contribution is -2.01. The molecule has 6 heteroatoms. The van der Waals surface area contributed by atoms with Crippen LogP contribution in [0.25, 0.3) is 0 Å². The van der Waals surface area contributed by atoms with Crippen molar-refractivity contribution in [2.24, 2.45) is 0 Å². The maximum Gasteiger partial charge on any atom is 0.149 e. The SMILES string of the molecule is Fc1cccc(F)c1Nc1ncncc1I. The molecule has 0 aliphatic carbocycles. The third kappa shape index (κ3) is 2.26. The molecular weight excluding hydrogens is 327 g/mol. The van der Waals surface area contributed by atoms with E-state index in [9.17, 15) is 8.78 Å². The molecule has 0 amide bonds. The van der Waals surface area contributed by atoms with Gasteiger partial charge in [0.2, 0.25) is 0 Å². The van der Waals surface area contributed by atoms with Gasteiger partial charge in [0.05, 0.1) is 3.57 Å². The van der Waals surface area contributed by atoms with Crippen LogP contribution < -0.4 is 5.32 Å². The zero-order valence-corrected chi connectivity index (χ0v) is 10.1. The van der Waals surface area contributed by atoms with Crippen LogP contribution in [0.2, 0.25) is 0 Å². The Hall–Kier alpha value is -1.31. The molecule has 0 saturated carbocycles. The Labute approximate surface area is 104 Å². The van der Waals surface area contributed by atoms with E-state index in [1.807, 2.05) is 22.6 Å². The highest BCUT2D eigenvalue weighted by atomic mass is 127. The summed E-state index contributed by atoms with van der Waals surface area (Å²) >= 11 is 1.98. The molecule has 0 fully saturated rings. The van der Waals surface area contributed by atoms with Gasteiger partial charge in [-0.1, -0.05) is 6.07 Å². The first kappa shape index (κ1) is 11.2. The van der Waals surface area contributed by atoms with E-state index >= 15 is 0 Å². The first-order valence-corrected chi connectivity index (χ1v) is 5.43. The second-order valence-electron chi connectivity index (χ2n) is 2.94. The van der Waals surface area contributed by atoms with Crippen molar-refractivity contribution in [3.63, 3.8) is 0 Å². The summed E-state index contributed by atoms with van der Waals surface area (Å²) < 4.78 is 27.3. The molecule has 1 N–H and O–H groups in total. The first-order valence-electron chi connectivity index (χ1n) is 4.35. The molecule has 2 aromatic rings. The van der Waals surface area contributed by atoms with E-state index in [-0.39, 0.29) is 5.69 Å². The van der Waals surface area contributed by atoms with Crippen molar-refractivity contribution in [1.29, 1.82) is 0 Å². The van der Waals surface area contributed by atoms with Crippen LogP contribution >= 0.6 is 22.6 Å². The number of nitrogens with zero attached hydrogens (tertiary/aromatic N) is 2. The van der Waals surface area contributed by atoms with Crippen molar-refractivity contribution in [3.05, 3.63) is 45.9 Å². The van der Waals surface area contributed by atoms with Crippen LogP contribution in [-0.2, 0) is 0 Å². The van der Waals surface area contributed by atoms with Gasteiger partial charge < -0.3 is 5.32 Å². The number of benzene rings is 1. The molecule has 2 rings (SSSR count). The number of halogens is 3. The number of para-hydroxylation sites is 1. The van der Waals surface area contributed by atoms with Crippen molar-refractivity contribution in [2.45, 2.75) is 0 Å². The summed E-state index contributed by atoms with van der Waals surface area (Å²) in [6.07, 6.45) is 2.86. The van der Waals surface area contributed by atoms with Gasteiger partial charge >= 0.3 is 0 Å². The zero-order chi connectivity index (χ0) is 11.5. The van der Waals surface area contributed by atoms with E-state index in [4.69, 9.17) is 0 Å². The lowest BCUT2D eigenvalue weighted by molar-refractivity contribution is 0.590. The molecule has 0 aliphatic heterocycles. The van der Waals surface area contributed by atoms with E-state index in [1.54, 1.807) is 6.20 Å². The minimum atomic E-state index is -0.658.